The van der Waals surface area contributed by atoms with E-state index in [0.29, 0.717) is 5.13 Å². The molecule has 1 aromatic heterocycles. The monoisotopic (exact) mass is 400 g/mol. The number of carbonyl (C=O) groups excluding carboxylic acids is 1. The first-order valence-corrected chi connectivity index (χ1v) is 10.2. The average molecular weight is 401 g/mol. The van der Waals surface area contributed by atoms with Crippen LogP contribution < -0.4 is 15.4 Å². The molecule has 8 heteroatoms. The van der Waals surface area contributed by atoms with Gasteiger partial charge in [0.1, 0.15) is 5.75 Å². The van der Waals surface area contributed by atoms with Gasteiger partial charge in [-0.3, -0.25) is 4.79 Å². The van der Waals surface area contributed by atoms with E-state index in [1.165, 1.54) is 23.1 Å². The maximum Gasteiger partial charge on any atom is 0.234 e. The molecule has 0 aliphatic heterocycles. The topological polar surface area (TPSA) is 76.1 Å². The van der Waals surface area contributed by atoms with Crippen LogP contribution in [0.25, 0.3) is 0 Å². The first-order valence-electron chi connectivity index (χ1n) is 8.43. The molecule has 2 aromatic carbocycles. The van der Waals surface area contributed by atoms with E-state index >= 15 is 0 Å². The molecule has 140 valence electrons. The molecular weight excluding hydrogens is 380 g/mol. The number of methoxy groups -OCH3 is 1. The summed E-state index contributed by atoms with van der Waals surface area (Å²) in [7, 11) is 1.62. The van der Waals surface area contributed by atoms with Crippen LogP contribution in [0.4, 0.5) is 16.5 Å². The van der Waals surface area contributed by atoms with Crippen molar-refractivity contribution in [3.63, 3.8) is 0 Å². The number of ether oxygens (including phenoxy) is 1. The van der Waals surface area contributed by atoms with Gasteiger partial charge in [-0.2, -0.15) is 0 Å². The van der Waals surface area contributed by atoms with E-state index in [9.17, 15) is 4.79 Å². The van der Waals surface area contributed by atoms with Crippen LogP contribution in [0.5, 0.6) is 5.75 Å². The van der Waals surface area contributed by atoms with E-state index in [-0.39, 0.29) is 11.7 Å². The van der Waals surface area contributed by atoms with Crippen molar-refractivity contribution in [2.75, 3.05) is 23.5 Å². The van der Waals surface area contributed by atoms with Crippen molar-refractivity contribution in [3.05, 3.63) is 54.1 Å². The van der Waals surface area contributed by atoms with Crippen molar-refractivity contribution in [2.45, 2.75) is 17.7 Å². The second-order valence-corrected chi connectivity index (χ2v) is 7.75. The van der Waals surface area contributed by atoms with Gasteiger partial charge in [-0.25, -0.2) is 0 Å². The molecule has 1 heterocycles. The van der Waals surface area contributed by atoms with Crippen LogP contribution in [0, 0.1) is 0 Å². The molecule has 1 amide bonds. The summed E-state index contributed by atoms with van der Waals surface area (Å²) in [4.78, 5) is 12.2. The maximum absolute atomic E-state index is 12.2. The minimum Gasteiger partial charge on any atom is -0.495 e. The van der Waals surface area contributed by atoms with Crippen molar-refractivity contribution in [3.8, 4) is 5.75 Å². The lowest BCUT2D eigenvalue weighted by Gasteiger charge is -2.08. The number of anilines is 3. The van der Waals surface area contributed by atoms with E-state index in [4.69, 9.17) is 4.74 Å². The van der Waals surface area contributed by atoms with Gasteiger partial charge < -0.3 is 15.4 Å². The zero-order chi connectivity index (χ0) is 19.1. The number of thioether (sulfide) groups is 1. The minimum absolute atomic E-state index is 0.0599. The van der Waals surface area contributed by atoms with Gasteiger partial charge in [0, 0.05) is 5.69 Å². The lowest BCUT2D eigenvalue weighted by atomic mass is 10.1. The van der Waals surface area contributed by atoms with Crippen molar-refractivity contribution in [2.24, 2.45) is 0 Å². The molecule has 6 nitrogen and oxygen atoms in total. The number of rotatable bonds is 8. The average Bonchev–Trinajstić information content (AvgIpc) is 3.14. The van der Waals surface area contributed by atoms with Crippen LogP contribution in [0.1, 0.15) is 12.5 Å². The number of aryl methyl sites for hydroxylation is 1. The lowest BCUT2D eigenvalue weighted by molar-refractivity contribution is -0.113. The smallest absolute Gasteiger partial charge is 0.234 e. The summed E-state index contributed by atoms with van der Waals surface area (Å²) >= 11 is 2.76. The molecule has 0 atom stereocenters. The summed E-state index contributed by atoms with van der Waals surface area (Å²) in [6.45, 7) is 2.07. The molecule has 27 heavy (non-hydrogen) atoms. The Morgan fingerprint density at radius 2 is 1.85 bits per heavy atom. The summed E-state index contributed by atoms with van der Waals surface area (Å²) in [6, 6.07) is 15.4. The van der Waals surface area contributed by atoms with Crippen LogP contribution in [0.2, 0.25) is 0 Å². The van der Waals surface area contributed by atoms with Crippen molar-refractivity contribution >= 4 is 45.5 Å². The van der Waals surface area contributed by atoms with E-state index in [0.717, 1.165) is 33.4 Å². The first-order chi connectivity index (χ1) is 13.2. The number of hydrogen-bond donors (Lipinski definition) is 2. The van der Waals surface area contributed by atoms with Crippen LogP contribution in [0.15, 0.2) is 52.9 Å². The van der Waals surface area contributed by atoms with E-state index in [1.54, 1.807) is 7.11 Å². The van der Waals surface area contributed by atoms with Gasteiger partial charge in [-0.05, 0) is 30.2 Å². The molecule has 3 rings (SSSR count). The normalized spacial score (nSPS) is 10.4. The van der Waals surface area contributed by atoms with Crippen LogP contribution >= 0.6 is 23.1 Å². The molecule has 0 spiro atoms. The number of hydrogen-bond acceptors (Lipinski definition) is 7. The van der Waals surface area contributed by atoms with Crippen molar-refractivity contribution in [1.82, 2.24) is 10.2 Å². The van der Waals surface area contributed by atoms with Crippen molar-refractivity contribution in [1.29, 1.82) is 0 Å². The standard InChI is InChI=1S/C19H20N4O2S2/c1-3-13-8-4-5-9-14(13)20-17(24)12-26-19-23-22-18(27-19)21-15-10-6-7-11-16(15)25-2/h4-11H,3,12H2,1-2H3,(H,20,24)(H,21,22). The molecule has 0 fully saturated rings. The Bertz CT molecular complexity index is 914. The van der Waals surface area contributed by atoms with Gasteiger partial charge in [0.25, 0.3) is 0 Å². The Kier molecular flexibility index (Phi) is 6.67. The summed E-state index contributed by atoms with van der Waals surface area (Å²) in [6.07, 6.45) is 0.873. The second kappa shape index (κ2) is 9.38. The molecule has 0 aliphatic carbocycles. The fourth-order valence-corrected chi connectivity index (χ4v) is 4.01. The summed E-state index contributed by atoms with van der Waals surface area (Å²) in [5.74, 6) is 0.952. The van der Waals surface area contributed by atoms with Crippen molar-refractivity contribution < 1.29 is 9.53 Å². The summed E-state index contributed by atoms with van der Waals surface area (Å²) < 4.78 is 6.04. The fourth-order valence-electron chi connectivity index (χ4n) is 2.45. The zero-order valence-corrected chi connectivity index (χ0v) is 16.7. The van der Waals surface area contributed by atoms with Gasteiger partial charge in [-0.15, -0.1) is 10.2 Å². The predicted molar refractivity (Wildman–Crippen MR) is 111 cm³/mol. The first kappa shape index (κ1) is 19.2. The van der Waals surface area contributed by atoms with Gasteiger partial charge in [-0.1, -0.05) is 60.4 Å². The molecule has 0 saturated heterocycles. The fraction of sp³-hybridized carbons (Fsp3) is 0.211. The maximum atomic E-state index is 12.2. The third kappa shape index (κ3) is 5.21. The molecule has 0 aliphatic rings. The van der Waals surface area contributed by atoms with E-state index in [1.807, 2.05) is 48.5 Å². The highest BCUT2D eigenvalue weighted by Crippen LogP contribution is 2.31. The highest BCUT2D eigenvalue weighted by atomic mass is 32.2. The summed E-state index contributed by atoms with van der Waals surface area (Å²) in [5.41, 5.74) is 2.80. The van der Waals surface area contributed by atoms with Gasteiger partial charge in [0.05, 0.1) is 18.6 Å². The molecule has 0 unspecified atom stereocenters. The largest absolute Gasteiger partial charge is 0.495 e. The number of nitrogens with zero attached hydrogens (tertiary/aromatic N) is 2. The Labute approximate surface area is 166 Å². The third-order valence-corrected chi connectivity index (χ3v) is 5.73. The SMILES string of the molecule is CCc1ccccc1NC(=O)CSc1nnc(Nc2ccccc2OC)s1. The number of nitrogens with one attached hydrogen (secondary N) is 2. The number of aromatic nitrogens is 2. The van der Waals surface area contributed by atoms with Gasteiger partial charge >= 0.3 is 0 Å². The zero-order valence-electron chi connectivity index (χ0n) is 15.1. The highest BCUT2D eigenvalue weighted by Gasteiger charge is 2.11. The Morgan fingerprint density at radius 1 is 1.11 bits per heavy atom. The second-order valence-electron chi connectivity index (χ2n) is 5.55. The Balaban J connectivity index is 1.55. The number of carbonyl (C=O) groups is 1. The van der Waals surface area contributed by atoms with Crippen LogP contribution in [-0.4, -0.2) is 29.0 Å². The van der Waals surface area contributed by atoms with Crippen LogP contribution in [0.3, 0.4) is 0 Å². The minimum atomic E-state index is -0.0599. The molecule has 0 bridgehead atoms. The van der Waals surface area contributed by atoms with Crippen LogP contribution in [-0.2, 0) is 11.2 Å². The molecule has 0 saturated carbocycles. The number of para-hydroxylation sites is 3. The highest BCUT2D eigenvalue weighted by molar-refractivity contribution is 8.01. The van der Waals surface area contributed by atoms with Gasteiger partial charge in [0.15, 0.2) is 4.34 Å². The summed E-state index contributed by atoms with van der Waals surface area (Å²) in [5, 5.41) is 15.1. The predicted octanol–water partition coefficient (Wildman–Crippen LogP) is 4.58. The van der Waals surface area contributed by atoms with Gasteiger partial charge in [0.2, 0.25) is 11.0 Å². The van der Waals surface area contributed by atoms with E-state index < -0.39 is 0 Å². The Morgan fingerprint density at radius 3 is 2.63 bits per heavy atom. The molecule has 3 aromatic rings. The van der Waals surface area contributed by atoms with E-state index in [2.05, 4.69) is 27.8 Å². The molecule has 2 N–H and O–H groups in total. The molecule has 0 radical (unpaired) electrons. The molecular formula is C19H20N4O2S2. The Hall–Kier alpha value is -2.58. The third-order valence-electron chi connectivity index (χ3n) is 3.75. The lowest BCUT2D eigenvalue weighted by Crippen LogP contribution is -2.15. The number of amides is 1. The number of benzene rings is 2. The quantitative estimate of drug-likeness (QED) is 0.539.